The highest BCUT2D eigenvalue weighted by molar-refractivity contribution is 6.36. The predicted octanol–water partition coefficient (Wildman–Crippen LogP) is 5.41. The SMILES string of the molecule is CN1CCC[C@H]1COc1nc(N2CCNC(CC#N)C2)c2ccc(-c3cccc4cccc(Cl)c34)c(F)c2n1. The number of aromatic nitrogens is 2. The van der Waals surface area contributed by atoms with Gasteiger partial charge in [0.2, 0.25) is 0 Å². The summed E-state index contributed by atoms with van der Waals surface area (Å²) in [6.07, 6.45) is 2.56. The molecule has 0 amide bonds. The van der Waals surface area contributed by atoms with Crippen LogP contribution in [0.4, 0.5) is 10.2 Å². The molecule has 2 saturated heterocycles. The smallest absolute Gasteiger partial charge is 0.319 e. The molecule has 7 nitrogen and oxygen atoms in total. The summed E-state index contributed by atoms with van der Waals surface area (Å²) in [5.41, 5.74) is 1.35. The predicted molar refractivity (Wildman–Crippen MR) is 153 cm³/mol. The number of likely N-dealkylation sites (tertiary alicyclic amines) is 1. The molecule has 2 atom stereocenters. The molecule has 6 rings (SSSR count). The van der Waals surface area contributed by atoms with E-state index in [2.05, 4.69) is 33.2 Å². The highest BCUT2D eigenvalue weighted by Crippen LogP contribution is 2.38. The Hall–Kier alpha value is -3.51. The van der Waals surface area contributed by atoms with Crippen molar-refractivity contribution in [3.63, 3.8) is 0 Å². The summed E-state index contributed by atoms with van der Waals surface area (Å²) in [5.74, 6) is 0.190. The third-order valence-electron chi connectivity index (χ3n) is 7.88. The number of rotatable bonds is 6. The van der Waals surface area contributed by atoms with E-state index in [-0.39, 0.29) is 23.6 Å². The average Bonchev–Trinajstić information content (AvgIpc) is 3.36. The van der Waals surface area contributed by atoms with Crippen LogP contribution in [-0.2, 0) is 0 Å². The molecule has 2 fully saturated rings. The largest absolute Gasteiger partial charge is 0.462 e. The van der Waals surface area contributed by atoms with Crippen molar-refractivity contribution in [1.29, 1.82) is 5.26 Å². The number of hydrogen-bond donors (Lipinski definition) is 1. The van der Waals surface area contributed by atoms with Crippen LogP contribution in [0.2, 0.25) is 5.02 Å². The molecule has 2 aliphatic rings. The number of hydrogen-bond acceptors (Lipinski definition) is 7. The average molecular weight is 545 g/mol. The molecule has 3 heterocycles. The first kappa shape index (κ1) is 25.8. The Balaban J connectivity index is 1.47. The number of piperazine rings is 1. The van der Waals surface area contributed by atoms with Gasteiger partial charge < -0.3 is 19.9 Å². The third-order valence-corrected chi connectivity index (χ3v) is 8.19. The number of anilines is 1. The molecule has 0 radical (unpaired) electrons. The van der Waals surface area contributed by atoms with Gasteiger partial charge in [-0.1, -0.05) is 48.0 Å². The van der Waals surface area contributed by atoms with Crippen LogP contribution in [0.3, 0.4) is 0 Å². The zero-order chi connectivity index (χ0) is 26.9. The van der Waals surface area contributed by atoms with Crippen LogP contribution in [0, 0.1) is 17.1 Å². The van der Waals surface area contributed by atoms with Crippen LogP contribution >= 0.6 is 11.6 Å². The summed E-state index contributed by atoms with van der Waals surface area (Å²) in [6.45, 7) is 3.45. The fraction of sp³-hybridized carbons (Fsp3) is 0.367. The Bertz CT molecular complexity index is 1570. The van der Waals surface area contributed by atoms with Gasteiger partial charge in [0.1, 0.15) is 17.9 Å². The molecule has 4 aromatic rings. The third kappa shape index (κ3) is 4.98. The molecule has 0 bridgehead atoms. The first-order valence-corrected chi connectivity index (χ1v) is 13.8. The minimum atomic E-state index is -0.435. The van der Waals surface area contributed by atoms with Gasteiger partial charge in [-0.05, 0) is 49.5 Å². The lowest BCUT2D eigenvalue weighted by atomic mass is 9.96. The van der Waals surface area contributed by atoms with Crippen molar-refractivity contribution in [2.24, 2.45) is 0 Å². The van der Waals surface area contributed by atoms with E-state index in [1.807, 2.05) is 42.5 Å². The van der Waals surface area contributed by atoms with E-state index in [1.54, 1.807) is 6.07 Å². The lowest BCUT2D eigenvalue weighted by Crippen LogP contribution is -2.51. The summed E-state index contributed by atoms with van der Waals surface area (Å²) in [6, 6.07) is 17.8. The maximum absolute atomic E-state index is 16.5. The fourth-order valence-corrected chi connectivity index (χ4v) is 6.07. The summed E-state index contributed by atoms with van der Waals surface area (Å²) in [5, 5.41) is 15.6. The van der Waals surface area contributed by atoms with Crippen molar-refractivity contribution in [2.45, 2.75) is 31.3 Å². The van der Waals surface area contributed by atoms with Crippen molar-refractivity contribution < 1.29 is 9.13 Å². The topological polar surface area (TPSA) is 77.3 Å². The van der Waals surface area contributed by atoms with Gasteiger partial charge in [-0.2, -0.15) is 15.2 Å². The molecule has 1 aromatic heterocycles. The van der Waals surface area contributed by atoms with E-state index in [4.69, 9.17) is 21.3 Å². The summed E-state index contributed by atoms with van der Waals surface area (Å²) in [4.78, 5) is 13.8. The second-order valence-corrected chi connectivity index (χ2v) is 10.8. The molecule has 2 aliphatic heterocycles. The van der Waals surface area contributed by atoms with Gasteiger partial charge in [0.15, 0.2) is 5.82 Å². The number of nitrogens with one attached hydrogen (secondary N) is 1. The molecule has 0 aliphatic carbocycles. The number of benzene rings is 3. The maximum Gasteiger partial charge on any atom is 0.319 e. The maximum atomic E-state index is 16.5. The minimum Gasteiger partial charge on any atom is -0.462 e. The molecule has 1 N–H and O–H groups in total. The first-order chi connectivity index (χ1) is 19.0. The van der Waals surface area contributed by atoms with Gasteiger partial charge in [0.05, 0.1) is 12.5 Å². The Labute approximate surface area is 232 Å². The molecule has 9 heteroatoms. The number of nitriles is 1. The van der Waals surface area contributed by atoms with E-state index >= 15 is 4.39 Å². The van der Waals surface area contributed by atoms with Crippen LogP contribution in [0.25, 0.3) is 32.8 Å². The normalized spacial score (nSPS) is 20.0. The van der Waals surface area contributed by atoms with Crippen molar-refractivity contribution in [3.8, 4) is 23.2 Å². The Morgan fingerprint density at radius 1 is 1.13 bits per heavy atom. The van der Waals surface area contributed by atoms with Crippen molar-refractivity contribution in [3.05, 3.63) is 59.4 Å². The highest BCUT2D eigenvalue weighted by atomic mass is 35.5. The van der Waals surface area contributed by atoms with Crippen molar-refractivity contribution in [1.82, 2.24) is 20.2 Å². The molecule has 0 saturated carbocycles. The Morgan fingerprint density at radius 2 is 1.97 bits per heavy atom. The summed E-state index contributed by atoms with van der Waals surface area (Å²) >= 11 is 6.58. The standard InChI is InChI=1S/C30H30ClFN6O/c1-37-15-4-7-21(37)18-39-30-35-28-24(29(36-30)38-16-14-34-20(17-38)12-13-33)11-10-23(27(28)32)22-8-2-5-19-6-3-9-25(31)26(19)22/h2-3,5-6,8-11,20-21,34H,4,7,12,14-18H2,1H3/t20?,21-/m0/s1. The molecule has 0 spiro atoms. The Morgan fingerprint density at radius 3 is 2.77 bits per heavy atom. The quantitative estimate of drug-likeness (QED) is 0.348. The number of likely N-dealkylation sites (N-methyl/N-ethyl adjacent to an activating group) is 1. The number of nitrogens with zero attached hydrogens (tertiary/aromatic N) is 5. The minimum absolute atomic E-state index is 0.00668. The molecule has 1 unspecified atom stereocenters. The molecular formula is C30H30ClFN6O. The lowest BCUT2D eigenvalue weighted by molar-refractivity contribution is 0.188. The van der Waals surface area contributed by atoms with Crippen LogP contribution < -0.4 is 15.0 Å². The zero-order valence-corrected chi connectivity index (χ0v) is 22.6. The summed E-state index contributed by atoms with van der Waals surface area (Å²) < 4.78 is 22.6. The van der Waals surface area contributed by atoms with Crippen LogP contribution in [0.15, 0.2) is 48.5 Å². The lowest BCUT2D eigenvalue weighted by Gasteiger charge is -2.34. The molecule has 3 aromatic carbocycles. The van der Waals surface area contributed by atoms with Crippen molar-refractivity contribution in [2.75, 3.05) is 44.7 Å². The second-order valence-electron chi connectivity index (χ2n) is 10.3. The second kappa shape index (κ2) is 10.9. The van der Waals surface area contributed by atoms with Gasteiger partial charge in [0, 0.05) is 53.1 Å². The van der Waals surface area contributed by atoms with Gasteiger partial charge in [-0.3, -0.25) is 0 Å². The molecular weight excluding hydrogens is 515 g/mol. The van der Waals surface area contributed by atoms with Gasteiger partial charge in [0.25, 0.3) is 0 Å². The van der Waals surface area contributed by atoms with E-state index < -0.39 is 5.82 Å². The number of halogens is 2. The van der Waals surface area contributed by atoms with Crippen LogP contribution in [0.1, 0.15) is 19.3 Å². The van der Waals surface area contributed by atoms with Crippen LogP contribution in [0.5, 0.6) is 6.01 Å². The molecule has 200 valence electrons. The monoisotopic (exact) mass is 544 g/mol. The van der Waals surface area contributed by atoms with E-state index in [0.717, 1.165) is 30.2 Å². The van der Waals surface area contributed by atoms with Crippen LogP contribution in [-0.4, -0.2) is 66.8 Å². The number of ether oxygens (including phenoxy) is 1. The first-order valence-electron chi connectivity index (χ1n) is 13.4. The van der Waals surface area contributed by atoms with Gasteiger partial charge in [-0.25, -0.2) is 4.39 Å². The zero-order valence-electron chi connectivity index (χ0n) is 21.8. The van der Waals surface area contributed by atoms with E-state index in [9.17, 15) is 5.26 Å². The highest BCUT2D eigenvalue weighted by Gasteiger charge is 2.26. The Kier molecular flexibility index (Phi) is 7.22. The van der Waals surface area contributed by atoms with Gasteiger partial charge in [-0.15, -0.1) is 0 Å². The number of fused-ring (bicyclic) bond motifs is 2. The van der Waals surface area contributed by atoms with E-state index in [0.29, 0.717) is 60.0 Å². The van der Waals surface area contributed by atoms with E-state index in [1.165, 1.54) is 0 Å². The summed E-state index contributed by atoms with van der Waals surface area (Å²) in [7, 11) is 2.09. The molecule has 39 heavy (non-hydrogen) atoms. The van der Waals surface area contributed by atoms with Gasteiger partial charge >= 0.3 is 6.01 Å². The van der Waals surface area contributed by atoms with Crippen molar-refractivity contribution >= 4 is 39.1 Å². The fourth-order valence-electron chi connectivity index (χ4n) is 5.78.